The zero-order valence-electron chi connectivity index (χ0n) is 9.97. The van der Waals surface area contributed by atoms with Crippen LogP contribution < -0.4 is 10.6 Å². The molecule has 2 rings (SSSR count). The number of hydrogen-bond donors (Lipinski definition) is 3. The number of carbonyl (C=O) groups is 1. The van der Waals surface area contributed by atoms with Gasteiger partial charge in [-0.25, -0.2) is 9.97 Å². The van der Waals surface area contributed by atoms with Crippen LogP contribution in [0, 0.1) is 0 Å². The van der Waals surface area contributed by atoms with Crippen LogP contribution in [-0.4, -0.2) is 32.4 Å². The number of nitrogens with one attached hydrogen (secondary N) is 3. The fourth-order valence-corrected chi connectivity index (χ4v) is 1.39. The molecule has 0 saturated heterocycles. The Hall–Kier alpha value is -2.44. The molecule has 0 aromatic carbocycles. The third-order valence-electron chi connectivity index (χ3n) is 2.20. The van der Waals surface area contributed by atoms with Crippen molar-refractivity contribution >= 4 is 11.7 Å². The average molecular weight is 246 g/mol. The molecule has 0 radical (unpaired) electrons. The van der Waals surface area contributed by atoms with E-state index in [0.717, 1.165) is 6.54 Å². The largest absolute Gasteiger partial charge is 0.369 e. The molecule has 2 aromatic rings. The minimum absolute atomic E-state index is 0.278. The first-order valence-electron chi connectivity index (χ1n) is 5.62. The van der Waals surface area contributed by atoms with Crippen LogP contribution in [0.2, 0.25) is 0 Å². The Balaban J connectivity index is 1.97. The summed E-state index contributed by atoms with van der Waals surface area (Å²) in [5.74, 6) is 1.00. The van der Waals surface area contributed by atoms with Crippen molar-refractivity contribution in [2.45, 2.75) is 13.5 Å². The van der Waals surface area contributed by atoms with E-state index in [0.29, 0.717) is 18.2 Å². The van der Waals surface area contributed by atoms with Crippen LogP contribution in [0.4, 0.5) is 5.82 Å². The van der Waals surface area contributed by atoms with Crippen LogP contribution in [0.3, 0.4) is 0 Å². The van der Waals surface area contributed by atoms with Crippen LogP contribution in [-0.2, 0) is 6.54 Å². The van der Waals surface area contributed by atoms with Crippen LogP contribution in [0.5, 0.6) is 0 Å². The van der Waals surface area contributed by atoms with Crippen molar-refractivity contribution in [2.24, 2.45) is 0 Å². The van der Waals surface area contributed by atoms with E-state index in [1.54, 1.807) is 18.6 Å². The Kier molecular flexibility index (Phi) is 3.85. The van der Waals surface area contributed by atoms with Crippen molar-refractivity contribution in [3.05, 3.63) is 36.3 Å². The van der Waals surface area contributed by atoms with Crippen molar-refractivity contribution in [2.75, 3.05) is 11.9 Å². The number of imidazole rings is 1. The van der Waals surface area contributed by atoms with Crippen LogP contribution >= 0.6 is 0 Å². The first kappa shape index (κ1) is 12.0. The van der Waals surface area contributed by atoms with Crippen molar-refractivity contribution in [1.29, 1.82) is 0 Å². The number of anilines is 1. The summed E-state index contributed by atoms with van der Waals surface area (Å²) in [5, 5.41) is 5.71. The summed E-state index contributed by atoms with van der Waals surface area (Å²) in [6, 6.07) is 0. The van der Waals surface area contributed by atoms with Gasteiger partial charge in [-0.2, -0.15) is 0 Å². The molecule has 1 amide bonds. The molecule has 0 fully saturated rings. The summed E-state index contributed by atoms with van der Waals surface area (Å²) in [7, 11) is 0. The molecule has 2 aromatic heterocycles. The van der Waals surface area contributed by atoms with E-state index in [1.165, 1.54) is 6.20 Å². The van der Waals surface area contributed by atoms with Crippen molar-refractivity contribution in [3.63, 3.8) is 0 Å². The van der Waals surface area contributed by atoms with Gasteiger partial charge in [-0.05, 0) is 6.92 Å². The summed E-state index contributed by atoms with van der Waals surface area (Å²) in [6.45, 7) is 3.01. The van der Waals surface area contributed by atoms with E-state index >= 15 is 0 Å². The number of nitrogens with zero attached hydrogens (tertiary/aromatic N) is 3. The van der Waals surface area contributed by atoms with Gasteiger partial charge in [0.1, 0.15) is 17.3 Å². The summed E-state index contributed by atoms with van der Waals surface area (Å²) in [4.78, 5) is 26.8. The number of aromatic amines is 1. The van der Waals surface area contributed by atoms with Gasteiger partial charge in [-0.1, -0.05) is 0 Å². The Labute approximate surface area is 104 Å². The monoisotopic (exact) mass is 246 g/mol. The number of amides is 1. The normalized spacial score (nSPS) is 10.1. The van der Waals surface area contributed by atoms with Crippen LogP contribution in [0.1, 0.15) is 23.2 Å². The first-order valence-corrected chi connectivity index (χ1v) is 5.62. The number of carbonyl (C=O) groups excluding carboxylic acids is 1. The SMILES string of the molecule is CCNc1cncc(C(=O)NCc2ncc[nH]2)n1. The summed E-state index contributed by atoms with van der Waals surface area (Å²) in [5.41, 5.74) is 0.278. The van der Waals surface area contributed by atoms with Gasteiger partial charge in [0, 0.05) is 18.9 Å². The van der Waals surface area contributed by atoms with Gasteiger partial charge in [-0.15, -0.1) is 0 Å². The molecule has 2 heterocycles. The summed E-state index contributed by atoms with van der Waals surface area (Å²) in [6.07, 6.45) is 6.34. The maximum Gasteiger partial charge on any atom is 0.271 e. The summed E-state index contributed by atoms with van der Waals surface area (Å²) < 4.78 is 0. The first-order chi connectivity index (χ1) is 8.79. The number of hydrogen-bond acceptors (Lipinski definition) is 5. The number of rotatable bonds is 5. The third kappa shape index (κ3) is 3.03. The van der Waals surface area contributed by atoms with Gasteiger partial charge in [0.2, 0.25) is 0 Å². The highest BCUT2D eigenvalue weighted by Gasteiger charge is 2.08. The van der Waals surface area contributed by atoms with E-state index in [-0.39, 0.29) is 11.6 Å². The fraction of sp³-hybridized carbons (Fsp3) is 0.273. The molecule has 0 aliphatic heterocycles. The maximum atomic E-state index is 11.8. The van der Waals surface area contributed by atoms with E-state index in [1.807, 2.05) is 6.92 Å². The Bertz CT molecular complexity index is 510. The Morgan fingerprint density at radius 3 is 3.06 bits per heavy atom. The molecule has 0 unspecified atom stereocenters. The molecule has 0 aliphatic rings. The third-order valence-corrected chi connectivity index (χ3v) is 2.20. The lowest BCUT2D eigenvalue weighted by molar-refractivity contribution is 0.0944. The van der Waals surface area contributed by atoms with Crippen molar-refractivity contribution in [3.8, 4) is 0 Å². The van der Waals surface area contributed by atoms with Crippen LogP contribution in [0.15, 0.2) is 24.8 Å². The van der Waals surface area contributed by atoms with Gasteiger partial charge in [-0.3, -0.25) is 9.78 Å². The highest BCUT2D eigenvalue weighted by atomic mass is 16.1. The molecule has 0 bridgehead atoms. The fourth-order valence-electron chi connectivity index (χ4n) is 1.39. The standard InChI is InChI=1S/C11H14N6O/c1-2-13-10-6-12-5-8(17-10)11(18)16-7-9-14-3-4-15-9/h3-6H,2,7H2,1H3,(H,13,17)(H,14,15)(H,16,18). The lowest BCUT2D eigenvalue weighted by atomic mass is 10.4. The van der Waals surface area contributed by atoms with Crippen molar-refractivity contribution in [1.82, 2.24) is 25.3 Å². The average Bonchev–Trinajstić information content (AvgIpc) is 2.90. The molecule has 0 spiro atoms. The Morgan fingerprint density at radius 1 is 1.44 bits per heavy atom. The smallest absolute Gasteiger partial charge is 0.271 e. The topological polar surface area (TPSA) is 95.6 Å². The zero-order valence-corrected chi connectivity index (χ0v) is 9.97. The van der Waals surface area contributed by atoms with Gasteiger partial charge in [0.05, 0.1) is 18.9 Å². The lowest BCUT2D eigenvalue weighted by Crippen LogP contribution is -2.24. The number of aromatic nitrogens is 4. The van der Waals surface area contributed by atoms with E-state index in [2.05, 4.69) is 30.6 Å². The highest BCUT2D eigenvalue weighted by molar-refractivity contribution is 5.92. The molecule has 3 N–H and O–H groups in total. The molecule has 7 heteroatoms. The molecule has 7 nitrogen and oxygen atoms in total. The van der Waals surface area contributed by atoms with Crippen LogP contribution in [0.25, 0.3) is 0 Å². The maximum absolute atomic E-state index is 11.8. The zero-order chi connectivity index (χ0) is 12.8. The predicted molar refractivity (Wildman–Crippen MR) is 66.0 cm³/mol. The van der Waals surface area contributed by atoms with E-state index in [4.69, 9.17) is 0 Å². The second-order valence-electron chi connectivity index (χ2n) is 3.54. The quantitative estimate of drug-likeness (QED) is 0.716. The number of H-pyrrole nitrogens is 1. The molecule has 0 aliphatic carbocycles. The van der Waals surface area contributed by atoms with E-state index < -0.39 is 0 Å². The van der Waals surface area contributed by atoms with Gasteiger partial charge in [0.15, 0.2) is 0 Å². The van der Waals surface area contributed by atoms with Crippen molar-refractivity contribution < 1.29 is 4.79 Å². The van der Waals surface area contributed by atoms with Gasteiger partial charge >= 0.3 is 0 Å². The summed E-state index contributed by atoms with van der Waals surface area (Å²) >= 11 is 0. The minimum atomic E-state index is -0.279. The lowest BCUT2D eigenvalue weighted by Gasteiger charge is -2.05. The molecule has 18 heavy (non-hydrogen) atoms. The van der Waals surface area contributed by atoms with E-state index in [9.17, 15) is 4.79 Å². The second kappa shape index (κ2) is 5.76. The molecule has 94 valence electrons. The molecule has 0 saturated carbocycles. The molecular weight excluding hydrogens is 232 g/mol. The predicted octanol–water partition coefficient (Wildman–Crippen LogP) is 0.561. The molecule has 0 atom stereocenters. The second-order valence-corrected chi connectivity index (χ2v) is 3.54. The highest BCUT2D eigenvalue weighted by Crippen LogP contribution is 2.01. The van der Waals surface area contributed by atoms with Gasteiger partial charge < -0.3 is 15.6 Å². The Morgan fingerprint density at radius 2 is 2.33 bits per heavy atom. The minimum Gasteiger partial charge on any atom is -0.369 e. The van der Waals surface area contributed by atoms with Gasteiger partial charge in [0.25, 0.3) is 5.91 Å². The molecular formula is C11H14N6O.